The van der Waals surface area contributed by atoms with Crippen LogP contribution < -0.4 is 5.32 Å². The minimum absolute atomic E-state index is 0.164. The predicted molar refractivity (Wildman–Crippen MR) is 141 cm³/mol. The summed E-state index contributed by atoms with van der Waals surface area (Å²) in [4.78, 5) is 29.2. The van der Waals surface area contributed by atoms with E-state index in [4.69, 9.17) is 11.6 Å². The Bertz CT molecular complexity index is 1650. The maximum Gasteiger partial charge on any atom is 0.435 e. The second-order valence-electron chi connectivity index (χ2n) is 8.45. The highest BCUT2D eigenvalue weighted by Gasteiger charge is 2.35. The van der Waals surface area contributed by atoms with Crippen LogP contribution in [-0.4, -0.2) is 26.5 Å². The van der Waals surface area contributed by atoms with Crippen molar-refractivity contribution in [2.45, 2.75) is 6.18 Å². The maximum atomic E-state index is 13.5. The van der Waals surface area contributed by atoms with Gasteiger partial charge in [0.1, 0.15) is 0 Å². The average molecular weight is 547 g/mol. The van der Waals surface area contributed by atoms with Crippen molar-refractivity contribution in [3.05, 3.63) is 131 Å². The molecule has 1 amide bonds. The third kappa shape index (κ3) is 5.58. The van der Waals surface area contributed by atoms with Gasteiger partial charge in [-0.3, -0.25) is 14.6 Å². The number of hydrogen-bond donors (Lipinski definition) is 1. The van der Waals surface area contributed by atoms with Crippen molar-refractivity contribution in [2.24, 2.45) is 0 Å². The Hall–Kier alpha value is -4.76. The van der Waals surface area contributed by atoms with Gasteiger partial charge in [0.05, 0.1) is 16.4 Å². The van der Waals surface area contributed by atoms with Gasteiger partial charge in [-0.25, -0.2) is 4.68 Å². The normalized spacial score (nSPS) is 11.3. The second-order valence-corrected chi connectivity index (χ2v) is 8.86. The molecule has 0 fully saturated rings. The Labute approximate surface area is 225 Å². The molecule has 0 aliphatic heterocycles. The molecule has 194 valence electrons. The van der Waals surface area contributed by atoms with E-state index in [1.807, 2.05) is 0 Å². The molecule has 5 rings (SSSR count). The van der Waals surface area contributed by atoms with E-state index in [1.165, 1.54) is 36.7 Å². The number of carbonyl (C=O) groups is 2. The molecule has 39 heavy (non-hydrogen) atoms. The third-order valence-electron chi connectivity index (χ3n) is 5.87. The molecule has 1 N–H and O–H groups in total. The van der Waals surface area contributed by atoms with Gasteiger partial charge in [0.15, 0.2) is 11.5 Å². The first-order valence-corrected chi connectivity index (χ1v) is 12.0. The Balaban J connectivity index is 1.36. The zero-order valence-corrected chi connectivity index (χ0v) is 20.7. The average Bonchev–Trinajstić information content (AvgIpc) is 3.40. The minimum atomic E-state index is -4.65. The molecular weight excluding hydrogens is 529 g/mol. The molecule has 5 aromatic rings. The highest BCUT2D eigenvalue weighted by atomic mass is 35.5. The number of benzene rings is 3. The fourth-order valence-electron chi connectivity index (χ4n) is 3.90. The lowest BCUT2D eigenvalue weighted by Gasteiger charge is -2.10. The summed E-state index contributed by atoms with van der Waals surface area (Å²) in [5.74, 6) is -0.596. The van der Waals surface area contributed by atoms with Crippen molar-refractivity contribution in [2.75, 3.05) is 5.32 Å². The first-order chi connectivity index (χ1) is 18.7. The molecule has 2 heterocycles. The molecule has 0 aliphatic rings. The Kier molecular flexibility index (Phi) is 7.00. The van der Waals surface area contributed by atoms with Gasteiger partial charge in [-0.1, -0.05) is 35.9 Å². The fraction of sp³-hybridized carbons (Fsp3) is 0.0345. The Morgan fingerprint density at radius 2 is 1.41 bits per heavy atom. The number of hydrogen-bond acceptors (Lipinski definition) is 4. The summed E-state index contributed by atoms with van der Waals surface area (Å²) >= 11 is 6.23. The van der Waals surface area contributed by atoms with Crippen LogP contribution in [0, 0.1) is 0 Å². The number of carbonyl (C=O) groups excluding carboxylic acids is 2. The van der Waals surface area contributed by atoms with Gasteiger partial charge >= 0.3 is 6.18 Å². The summed E-state index contributed by atoms with van der Waals surface area (Å²) in [5, 5.41) is 6.73. The topological polar surface area (TPSA) is 76.9 Å². The summed E-state index contributed by atoms with van der Waals surface area (Å²) in [5.41, 5.74) is 1.52. The number of nitrogens with one attached hydrogen (secondary N) is 1. The van der Waals surface area contributed by atoms with E-state index in [1.54, 1.807) is 60.7 Å². The Morgan fingerprint density at radius 3 is 2.05 bits per heavy atom. The first kappa shape index (κ1) is 25.9. The number of alkyl halides is 3. The number of anilines is 1. The highest BCUT2D eigenvalue weighted by molar-refractivity contribution is 6.32. The van der Waals surface area contributed by atoms with E-state index < -0.39 is 17.8 Å². The van der Waals surface area contributed by atoms with Crippen molar-refractivity contribution in [3.63, 3.8) is 0 Å². The molecular formula is C29H18ClF3N4O2. The predicted octanol–water partition coefficient (Wildman–Crippen LogP) is 7.09. The molecule has 0 bridgehead atoms. The molecule has 0 aliphatic carbocycles. The zero-order valence-electron chi connectivity index (χ0n) is 20.0. The molecule has 0 unspecified atom stereocenters. The fourth-order valence-corrected chi connectivity index (χ4v) is 4.12. The van der Waals surface area contributed by atoms with Gasteiger partial charge in [-0.2, -0.15) is 18.3 Å². The zero-order chi connectivity index (χ0) is 27.6. The molecule has 10 heteroatoms. The molecule has 0 saturated carbocycles. The Morgan fingerprint density at radius 1 is 0.795 bits per heavy atom. The quantitative estimate of drug-likeness (QED) is 0.231. The van der Waals surface area contributed by atoms with Crippen LogP contribution in [0.2, 0.25) is 5.02 Å². The summed E-state index contributed by atoms with van der Waals surface area (Å²) in [6, 6.07) is 23.1. The first-order valence-electron chi connectivity index (χ1n) is 11.6. The van der Waals surface area contributed by atoms with Crippen LogP contribution in [0.25, 0.3) is 16.9 Å². The van der Waals surface area contributed by atoms with Gasteiger partial charge < -0.3 is 5.32 Å². The number of amides is 1. The van der Waals surface area contributed by atoms with Crippen molar-refractivity contribution < 1.29 is 22.8 Å². The van der Waals surface area contributed by atoms with Crippen molar-refractivity contribution in [1.82, 2.24) is 14.8 Å². The lowest BCUT2D eigenvalue weighted by molar-refractivity contribution is -0.141. The van der Waals surface area contributed by atoms with Crippen molar-refractivity contribution in [1.29, 1.82) is 0 Å². The summed E-state index contributed by atoms with van der Waals surface area (Å²) in [7, 11) is 0. The van der Waals surface area contributed by atoms with Crippen molar-refractivity contribution in [3.8, 4) is 16.9 Å². The largest absolute Gasteiger partial charge is 0.435 e. The SMILES string of the molecule is O=C(Nc1ccc(C(=O)c2ccncc2)cc1)c1ccc(-c2cc(C(F)(F)F)nn2-c2ccccc2Cl)cc1. The molecule has 6 nitrogen and oxygen atoms in total. The summed E-state index contributed by atoms with van der Waals surface area (Å²) in [6.07, 6.45) is -1.58. The molecule has 0 atom stereocenters. The van der Waals surface area contributed by atoms with Crippen LogP contribution >= 0.6 is 11.6 Å². The van der Waals surface area contributed by atoms with Gasteiger partial charge in [0.2, 0.25) is 0 Å². The number of para-hydroxylation sites is 1. The van der Waals surface area contributed by atoms with Crippen LogP contribution in [0.5, 0.6) is 0 Å². The number of ketones is 1. The second kappa shape index (κ2) is 10.5. The van der Waals surface area contributed by atoms with E-state index in [9.17, 15) is 22.8 Å². The van der Waals surface area contributed by atoms with E-state index in [0.717, 1.165) is 10.7 Å². The van der Waals surface area contributed by atoms with Gasteiger partial charge in [0, 0.05) is 40.3 Å². The van der Waals surface area contributed by atoms with Crippen LogP contribution in [0.15, 0.2) is 103 Å². The molecule has 3 aromatic carbocycles. The van der Waals surface area contributed by atoms with Gasteiger partial charge in [-0.15, -0.1) is 0 Å². The standard InChI is InChI=1S/C29H18ClF3N4O2/c30-23-3-1-2-4-24(23)37-25(17-26(36-37)29(31,32)33)18-5-7-21(8-6-18)28(39)35-22-11-9-19(10-12-22)27(38)20-13-15-34-16-14-20/h1-17H,(H,35,39). The number of pyridine rings is 1. The van der Waals surface area contributed by atoms with Crippen LogP contribution in [-0.2, 0) is 6.18 Å². The van der Waals surface area contributed by atoms with Crippen molar-refractivity contribution >= 4 is 29.0 Å². The van der Waals surface area contributed by atoms with Gasteiger partial charge in [0.25, 0.3) is 5.91 Å². The number of nitrogens with zero attached hydrogens (tertiary/aromatic N) is 3. The molecule has 2 aromatic heterocycles. The smallest absolute Gasteiger partial charge is 0.322 e. The van der Waals surface area contributed by atoms with Gasteiger partial charge in [-0.05, 0) is 66.7 Å². The van der Waals surface area contributed by atoms with Crippen LogP contribution in [0.1, 0.15) is 32.0 Å². The van der Waals surface area contributed by atoms with E-state index >= 15 is 0 Å². The third-order valence-corrected chi connectivity index (χ3v) is 6.19. The number of halogens is 4. The maximum absolute atomic E-state index is 13.5. The lowest BCUT2D eigenvalue weighted by Crippen LogP contribution is -2.12. The van der Waals surface area contributed by atoms with E-state index in [0.29, 0.717) is 22.4 Å². The molecule has 0 radical (unpaired) electrons. The van der Waals surface area contributed by atoms with Crippen LogP contribution in [0.3, 0.4) is 0 Å². The minimum Gasteiger partial charge on any atom is -0.322 e. The summed E-state index contributed by atoms with van der Waals surface area (Å²) < 4.78 is 41.5. The monoisotopic (exact) mass is 546 g/mol. The number of aromatic nitrogens is 3. The molecule has 0 spiro atoms. The highest BCUT2D eigenvalue weighted by Crippen LogP contribution is 2.34. The number of rotatable bonds is 6. The summed E-state index contributed by atoms with van der Waals surface area (Å²) in [6.45, 7) is 0. The van der Waals surface area contributed by atoms with Crippen LogP contribution in [0.4, 0.5) is 18.9 Å². The van der Waals surface area contributed by atoms with E-state index in [2.05, 4.69) is 15.4 Å². The molecule has 0 saturated heterocycles. The lowest BCUT2D eigenvalue weighted by atomic mass is 10.0. The van der Waals surface area contributed by atoms with E-state index in [-0.39, 0.29) is 27.8 Å².